The van der Waals surface area contributed by atoms with E-state index >= 15 is 0 Å². The van der Waals surface area contributed by atoms with E-state index in [1.807, 2.05) is 6.07 Å². The summed E-state index contributed by atoms with van der Waals surface area (Å²) in [5, 5.41) is 11.3. The summed E-state index contributed by atoms with van der Waals surface area (Å²) in [5.41, 5.74) is 1.14. The van der Waals surface area contributed by atoms with Crippen molar-refractivity contribution in [3.8, 4) is 0 Å². The monoisotopic (exact) mass is 233 g/mol. The molecule has 0 saturated carbocycles. The van der Waals surface area contributed by atoms with Gasteiger partial charge in [0.25, 0.3) is 0 Å². The highest BCUT2D eigenvalue weighted by molar-refractivity contribution is 6.02. The third-order valence-corrected chi connectivity index (χ3v) is 2.27. The van der Waals surface area contributed by atoms with Crippen LogP contribution in [-0.4, -0.2) is 29.4 Å². The number of carbonyl (C=O) groups is 2. The second-order valence-electron chi connectivity index (χ2n) is 3.78. The van der Waals surface area contributed by atoms with Gasteiger partial charge in [-0.15, -0.1) is 0 Å². The Morgan fingerprint density at radius 3 is 2.41 bits per heavy atom. The molecule has 1 aromatic carbocycles. The van der Waals surface area contributed by atoms with Crippen LogP contribution in [0.4, 0.5) is 0 Å². The Kier molecular flexibility index (Phi) is 4.60. The molecule has 0 fully saturated rings. The Hall–Kier alpha value is -1.94. The van der Waals surface area contributed by atoms with E-state index in [0.717, 1.165) is 0 Å². The number of carboxylic acid groups (broad SMARTS) is 1. The molecule has 17 heavy (non-hydrogen) atoms. The fourth-order valence-corrected chi connectivity index (χ4v) is 1.45. The summed E-state index contributed by atoms with van der Waals surface area (Å²) in [7, 11) is 0. The lowest BCUT2D eigenvalue weighted by molar-refractivity contribution is -0.136. The van der Waals surface area contributed by atoms with Gasteiger partial charge in [0.1, 0.15) is 0 Å². The maximum atomic E-state index is 12.1. The molecular formula is C13H15NO3. The summed E-state index contributed by atoms with van der Waals surface area (Å²) in [6.45, 7) is 5.13. The Balaban J connectivity index is 2.81. The number of hydrogen-bond donors (Lipinski definition) is 2. The number of nitrogens with one attached hydrogen (secondary N) is 1. The van der Waals surface area contributed by atoms with Crippen LogP contribution in [0.15, 0.2) is 42.5 Å². The zero-order valence-electron chi connectivity index (χ0n) is 9.64. The number of benzene rings is 1. The lowest BCUT2D eigenvalue weighted by Gasteiger charge is -2.16. The topological polar surface area (TPSA) is 66.4 Å². The molecule has 0 saturated heterocycles. The first-order valence-corrected chi connectivity index (χ1v) is 5.22. The summed E-state index contributed by atoms with van der Waals surface area (Å²) in [5.74, 6) is -1.17. The van der Waals surface area contributed by atoms with Gasteiger partial charge in [-0.3, -0.25) is 14.9 Å². The number of aliphatic carboxylic acids is 1. The average Bonchev–Trinajstić information content (AvgIpc) is 2.29. The quantitative estimate of drug-likeness (QED) is 0.577. The number of carboxylic acids is 1. The number of Topliss-reactive ketones (excluding diaryl/α,β-unsaturated/α-hetero) is 1. The van der Waals surface area contributed by atoms with Gasteiger partial charge in [-0.2, -0.15) is 0 Å². The second-order valence-corrected chi connectivity index (χ2v) is 3.78. The van der Waals surface area contributed by atoms with Gasteiger partial charge in [-0.1, -0.05) is 42.5 Å². The van der Waals surface area contributed by atoms with Crippen LogP contribution in [0.5, 0.6) is 0 Å². The van der Waals surface area contributed by atoms with E-state index in [9.17, 15) is 9.59 Å². The third kappa shape index (κ3) is 3.85. The largest absolute Gasteiger partial charge is 0.480 e. The minimum absolute atomic E-state index is 0.167. The highest BCUT2D eigenvalue weighted by Crippen LogP contribution is 2.08. The highest BCUT2D eigenvalue weighted by Gasteiger charge is 2.20. The first-order chi connectivity index (χ1) is 8.02. The van der Waals surface area contributed by atoms with Crippen LogP contribution in [0.25, 0.3) is 0 Å². The normalized spacial score (nSPS) is 11.8. The average molecular weight is 233 g/mol. The predicted octanol–water partition coefficient (Wildman–Crippen LogP) is 1.49. The van der Waals surface area contributed by atoms with Gasteiger partial charge in [0.05, 0.1) is 12.6 Å². The van der Waals surface area contributed by atoms with Gasteiger partial charge in [0.2, 0.25) is 0 Å². The van der Waals surface area contributed by atoms with Crippen LogP contribution in [0.1, 0.15) is 17.3 Å². The summed E-state index contributed by atoms with van der Waals surface area (Å²) < 4.78 is 0. The molecule has 0 aliphatic heterocycles. The molecule has 2 N–H and O–H groups in total. The summed E-state index contributed by atoms with van der Waals surface area (Å²) in [6, 6.07) is 8.08. The fraction of sp³-hybridized carbons (Fsp3) is 0.231. The molecule has 0 bridgehead atoms. The van der Waals surface area contributed by atoms with Crippen molar-refractivity contribution in [3.05, 3.63) is 48.0 Å². The van der Waals surface area contributed by atoms with Crippen LogP contribution >= 0.6 is 0 Å². The van der Waals surface area contributed by atoms with Crippen LogP contribution in [-0.2, 0) is 4.79 Å². The Bertz CT molecular complexity index is 426. The van der Waals surface area contributed by atoms with Crippen molar-refractivity contribution >= 4 is 11.8 Å². The third-order valence-electron chi connectivity index (χ3n) is 2.27. The molecule has 4 nitrogen and oxygen atoms in total. The second kappa shape index (κ2) is 5.96. The van der Waals surface area contributed by atoms with Crippen LogP contribution in [0.3, 0.4) is 0 Å². The van der Waals surface area contributed by atoms with E-state index in [0.29, 0.717) is 11.1 Å². The zero-order valence-corrected chi connectivity index (χ0v) is 9.64. The molecule has 0 heterocycles. The lowest BCUT2D eigenvalue weighted by Crippen LogP contribution is -2.40. The fourth-order valence-electron chi connectivity index (χ4n) is 1.45. The minimum atomic E-state index is -1.00. The van der Waals surface area contributed by atoms with Crippen molar-refractivity contribution in [2.45, 2.75) is 13.0 Å². The van der Waals surface area contributed by atoms with Crippen LogP contribution in [0.2, 0.25) is 0 Å². The van der Waals surface area contributed by atoms with Crippen LogP contribution < -0.4 is 5.32 Å². The van der Waals surface area contributed by atoms with E-state index in [4.69, 9.17) is 5.11 Å². The number of carbonyl (C=O) groups excluding carboxylic acids is 1. The van der Waals surface area contributed by atoms with Crippen molar-refractivity contribution in [1.29, 1.82) is 0 Å². The smallest absolute Gasteiger partial charge is 0.317 e. The van der Waals surface area contributed by atoms with Crippen molar-refractivity contribution in [2.75, 3.05) is 6.54 Å². The van der Waals surface area contributed by atoms with Crippen molar-refractivity contribution in [3.63, 3.8) is 0 Å². The number of rotatable bonds is 6. The lowest BCUT2D eigenvalue weighted by atomic mass is 9.99. The van der Waals surface area contributed by atoms with Gasteiger partial charge in [0.15, 0.2) is 5.78 Å². The van der Waals surface area contributed by atoms with Crippen molar-refractivity contribution < 1.29 is 14.7 Å². The standard InChI is InChI=1S/C13H15NO3/c1-9(2)12(14-8-11(15)16)13(17)10-6-4-3-5-7-10/h3-7,12,14H,1,8H2,2H3,(H,15,16)/t12-/m1/s1. The highest BCUT2D eigenvalue weighted by atomic mass is 16.4. The van der Waals surface area contributed by atoms with Gasteiger partial charge in [-0.05, 0) is 6.92 Å². The first-order valence-electron chi connectivity index (χ1n) is 5.22. The SMILES string of the molecule is C=C(C)[C@@H](NCC(=O)O)C(=O)c1ccccc1. The molecular weight excluding hydrogens is 218 g/mol. The molecule has 0 aliphatic carbocycles. The van der Waals surface area contributed by atoms with E-state index in [1.165, 1.54) is 0 Å². The summed E-state index contributed by atoms with van der Waals surface area (Å²) in [4.78, 5) is 22.6. The van der Waals surface area contributed by atoms with Gasteiger partial charge in [0, 0.05) is 5.56 Å². The predicted molar refractivity (Wildman–Crippen MR) is 65.0 cm³/mol. The molecule has 1 rings (SSSR count). The maximum absolute atomic E-state index is 12.1. The van der Waals surface area contributed by atoms with Crippen molar-refractivity contribution in [2.24, 2.45) is 0 Å². The zero-order chi connectivity index (χ0) is 12.8. The van der Waals surface area contributed by atoms with Gasteiger partial charge >= 0.3 is 5.97 Å². The van der Waals surface area contributed by atoms with E-state index in [1.54, 1.807) is 31.2 Å². The first kappa shape index (κ1) is 13.1. The molecule has 0 unspecified atom stereocenters. The molecule has 1 aromatic rings. The Morgan fingerprint density at radius 2 is 1.94 bits per heavy atom. The summed E-state index contributed by atoms with van der Waals surface area (Å²) >= 11 is 0. The summed E-state index contributed by atoms with van der Waals surface area (Å²) in [6.07, 6.45) is 0. The van der Waals surface area contributed by atoms with Gasteiger partial charge in [-0.25, -0.2) is 0 Å². The van der Waals surface area contributed by atoms with Crippen molar-refractivity contribution in [1.82, 2.24) is 5.32 Å². The molecule has 0 amide bonds. The molecule has 0 radical (unpaired) electrons. The van der Waals surface area contributed by atoms with Crippen LogP contribution in [0, 0.1) is 0 Å². The molecule has 1 atom stereocenters. The minimum Gasteiger partial charge on any atom is -0.480 e. The maximum Gasteiger partial charge on any atom is 0.317 e. The number of ketones is 1. The molecule has 0 aromatic heterocycles. The van der Waals surface area contributed by atoms with E-state index in [2.05, 4.69) is 11.9 Å². The molecule has 90 valence electrons. The Labute approximate surface area is 100.0 Å². The molecule has 0 aliphatic rings. The number of hydrogen-bond acceptors (Lipinski definition) is 3. The van der Waals surface area contributed by atoms with Gasteiger partial charge < -0.3 is 5.11 Å². The van der Waals surface area contributed by atoms with E-state index in [-0.39, 0.29) is 12.3 Å². The van der Waals surface area contributed by atoms with E-state index < -0.39 is 12.0 Å². The molecule has 4 heteroatoms. The Morgan fingerprint density at radius 1 is 1.35 bits per heavy atom. The molecule has 0 spiro atoms.